The van der Waals surface area contributed by atoms with E-state index < -0.39 is 0 Å². The highest BCUT2D eigenvalue weighted by atomic mass is 16.2. The van der Waals surface area contributed by atoms with Gasteiger partial charge in [0.1, 0.15) is 0 Å². The molecule has 4 nitrogen and oxygen atoms in total. The van der Waals surface area contributed by atoms with Crippen LogP contribution in [0.3, 0.4) is 0 Å². The van der Waals surface area contributed by atoms with Crippen LogP contribution < -0.4 is 5.73 Å². The molecular weight excluding hydrogens is 250 g/mol. The van der Waals surface area contributed by atoms with Gasteiger partial charge >= 0.3 is 0 Å². The average Bonchev–Trinajstić information content (AvgIpc) is 2.37. The Labute approximate surface area is 124 Å². The van der Waals surface area contributed by atoms with Crippen molar-refractivity contribution in [1.29, 1.82) is 0 Å². The summed E-state index contributed by atoms with van der Waals surface area (Å²) in [5.74, 6) is 0.324. The number of nitrogens with two attached hydrogens (primary N) is 1. The first-order valence-corrected chi connectivity index (χ1v) is 7.99. The molecule has 0 aliphatic heterocycles. The van der Waals surface area contributed by atoms with Crippen molar-refractivity contribution >= 4 is 5.91 Å². The third-order valence-corrected chi connectivity index (χ3v) is 4.60. The Morgan fingerprint density at radius 2 is 1.45 bits per heavy atom. The summed E-state index contributed by atoms with van der Waals surface area (Å²) < 4.78 is 0. The van der Waals surface area contributed by atoms with Crippen LogP contribution in [0, 0.1) is 5.92 Å². The molecule has 118 valence electrons. The number of hydrogen-bond acceptors (Lipinski definition) is 3. The maximum Gasteiger partial charge on any atom is 0.240 e. The Morgan fingerprint density at radius 1 is 1.00 bits per heavy atom. The SMILES string of the molecule is CC(C)[C@H](N)C(=O)N(C(C)C)C1CCC(N(C)C)CC1. The fraction of sp³-hybridized carbons (Fsp3) is 0.938. The van der Waals surface area contributed by atoms with Gasteiger partial charge in [0, 0.05) is 18.1 Å². The first-order chi connectivity index (χ1) is 9.25. The zero-order valence-corrected chi connectivity index (χ0v) is 14.1. The molecule has 1 amide bonds. The lowest BCUT2D eigenvalue weighted by Crippen LogP contribution is -2.54. The van der Waals surface area contributed by atoms with Crippen LogP contribution in [-0.2, 0) is 4.79 Å². The molecule has 1 aliphatic carbocycles. The zero-order chi connectivity index (χ0) is 15.4. The van der Waals surface area contributed by atoms with Gasteiger partial charge in [-0.3, -0.25) is 4.79 Å². The minimum atomic E-state index is -0.371. The van der Waals surface area contributed by atoms with E-state index in [0.717, 1.165) is 12.8 Å². The van der Waals surface area contributed by atoms with Gasteiger partial charge in [-0.1, -0.05) is 13.8 Å². The number of rotatable bonds is 5. The second-order valence-electron chi connectivity index (χ2n) is 7.04. The topological polar surface area (TPSA) is 49.6 Å². The largest absolute Gasteiger partial charge is 0.336 e. The Kier molecular flexibility index (Phi) is 6.46. The van der Waals surface area contributed by atoms with Gasteiger partial charge in [0.05, 0.1) is 6.04 Å². The van der Waals surface area contributed by atoms with E-state index in [0.29, 0.717) is 12.1 Å². The molecule has 1 saturated carbocycles. The monoisotopic (exact) mass is 283 g/mol. The first-order valence-electron chi connectivity index (χ1n) is 7.99. The Bertz CT molecular complexity index is 307. The third kappa shape index (κ3) is 4.19. The lowest BCUT2D eigenvalue weighted by Gasteiger charge is -2.42. The van der Waals surface area contributed by atoms with Crippen LogP contribution in [0.15, 0.2) is 0 Å². The van der Waals surface area contributed by atoms with Gasteiger partial charge in [-0.05, 0) is 59.5 Å². The maximum atomic E-state index is 12.6. The molecule has 0 saturated heterocycles. The van der Waals surface area contributed by atoms with E-state index in [1.165, 1.54) is 12.8 Å². The molecule has 0 aromatic rings. The van der Waals surface area contributed by atoms with Crippen molar-refractivity contribution in [2.24, 2.45) is 11.7 Å². The Balaban J connectivity index is 2.71. The first kappa shape index (κ1) is 17.4. The molecule has 1 rings (SSSR count). The quantitative estimate of drug-likeness (QED) is 0.840. The highest BCUT2D eigenvalue weighted by molar-refractivity contribution is 5.82. The molecule has 0 radical (unpaired) electrons. The molecule has 20 heavy (non-hydrogen) atoms. The van der Waals surface area contributed by atoms with Crippen LogP contribution in [0.4, 0.5) is 0 Å². The van der Waals surface area contributed by atoms with Gasteiger partial charge in [-0.25, -0.2) is 0 Å². The molecule has 0 heterocycles. The Hall–Kier alpha value is -0.610. The lowest BCUT2D eigenvalue weighted by molar-refractivity contribution is -0.139. The molecule has 0 bridgehead atoms. The van der Waals surface area contributed by atoms with Crippen LogP contribution in [0.25, 0.3) is 0 Å². The number of hydrogen-bond donors (Lipinski definition) is 1. The summed E-state index contributed by atoms with van der Waals surface area (Å²) in [5.41, 5.74) is 6.08. The zero-order valence-electron chi connectivity index (χ0n) is 14.1. The molecule has 0 unspecified atom stereocenters. The van der Waals surface area contributed by atoms with Crippen LogP contribution in [0.1, 0.15) is 53.4 Å². The van der Waals surface area contributed by atoms with E-state index in [-0.39, 0.29) is 23.9 Å². The van der Waals surface area contributed by atoms with Crippen molar-refractivity contribution in [3.8, 4) is 0 Å². The van der Waals surface area contributed by atoms with Crippen molar-refractivity contribution in [2.75, 3.05) is 14.1 Å². The molecule has 0 aromatic carbocycles. The summed E-state index contributed by atoms with van der Waals surface area (Å²) in [7, 11) is 4.29. The molecule has 2 N–H and O–H groups in total. The minimum absolute atomic E-state index is 0.128. The standard InChI is InChI=1S/C16H33N3O/c1-11(2)15(17)16(20)19(12(3)4)14-9-7-13(8-10-14)18(5)6/h11-15H,7-10,17H2,1-6H3/t13?,14?,15-/m0/s1. The van der Waals surface area contributed by atoms with Crippen molar-refractivity contribution in [2.45, 2.75) is 77.5 Å². The summed E-state index contributed by atoms with van der Waals surface area (Å²) in [6.45, 7) is 8.24. The summed E-state index contributed by atoms with van der Waals surface area (Å²) in [6.07, 6.45) is 4.53. The van der Waals surface area contributed by atoms with Gasteiger partial charge in [0.2, 0.25) is 5.91 Å². The van der Waals surface area contributed by atoms with Crippen LogP contribution >= 0.6 is 0 Å². The normalized spacial score (nSPS) is 25.3. The summed E-state index contributed by atoms with van der Waals surface area (Å²) >= 11 is 0. The second-order valence-corrected chi connectivity index (χ2v) is 7.04. The predicted molar refractivity (Wildman–Crippen MR) is 84.5 cm³/mol. The summed E-state index contributed by atoms with van der Waals surface area (Å²) in [6, 6.07) is 0.884. The van der Waals surface area contributed by atoms with E-state index in [1.807, 2.05) is 13.8 Å². The highest BCUT2D eigenvalue weighted by Gasteiger charge is 2.33. The fourth-order valence-electron chi connectivity index (χ4n) is 3.17. The molecule has 0 spiro atoms. The molecule has 1 fully saturated rings. The van der Waals surface area contributed by atoms with Gasteiger partial charge in [-0.15, -0.1) is 0 Å². The highest BCUT2D eigenvalue weighted by Crippen LogP contribution is 2.27. The van der Waals surface area contributed by atoms with Crippen LogP contribution in [0.5, 0.6) is 0 Å². The van der Waals surface area contributed by atoms with Crippen molar-refractivity contribution < 1.29 is 4.79 Å². The smallest absolute Gasteiger partial charge is 0.240 e. The van der Waals surface area contributed by atoms with Crippen molar-refractivity contribution in [1.82, 2.24) is 9.80 Å². The lowest BCUT2D eigenvalue weighted by atomic mass is 9.88. The fourth-order valence-corrected chi connectivity index (χ4v) is 3.17. The predicted octanol–water partition coefficient (Wildman–Crippen LogP) is 2.08. The molecule has 4 heteroatoms. The summed E-state index contributed by atoms with van der Waals surface area (Å²) in [4.78, 5) is 17.0. The number of nitrogens with zero attached hydrogens (tertiary/aromatic N) is 2. The number of amides is 1. The minimum Gasteiger partial charge on any atom is -0.336 e. The second kappa shape index (κ2) is 7.41. The number of carbonyl (C=O) groups is 1. The summed E-state index contributed by atoms with van der Waals surface area (Å²) in [5, 5.41) is 0. The van der Waals surface area contributed by atoms with Crippen LogP contribution in [0.2, 0.25) is 0 Å². The molecular formula is C16H33N3O. The van der Waals surface area contributed by atoms with Gasteiger partial charge in [-0.2, -0.15) is 0 Å². The van der Waals surface area contributed by atoms with Crippen LogP contribution in [-0.4, -0.2) is 54.0 Å². The van der Waals surface area contributed by atoms with E-state index in [1.54, 1.807) is 0 Å². The van der Waals surface area contributed by atoms with Crippen molar-refractivity contribution in [3.63, 3.8) is 0 Å². The van der Waals surface area contributed by atoms with E-state index in [2.05, 4.69) is 37.7 Å². The molecule has 0 aromatic heterocycles. The Morgan fingerprint density at radius 3 is 1.80 bits per heavy atom. The molecule has 1 atom stereocenters. The molecule has 1 aliphatic rings. The average molecular weight is 283 g/mol. The van der Waals surface area contributed by atoms with E-state index in [9.17, 15) is 4.79 Å². The van der Waals surface area contributed by atoms with Gasteiger partial charge in [0.25, 0.3) is 0 Å². The van der Waals surface area contributed by atoms with Crippen molar-refractivity contribution in [3.05, 3.63) is 0 Å². The van der Waals surface area contributed by atoms with E-state index in [4.69, 9.17) is 5.73 Å². The van der Waals surface area contributed by atoms with E-state index >= 15 is 0 Å². The van der Waals surface area contributed by atoms with Gasteiger partial charge in [0.15, 0.2) is 0 Å². The number of carbonyl (C=O) groups excluding carboxylic acids is 1. The van der Waals surface area contributed by atoms with Gasteiger partial charge < -0.3 is 15.5 Å². The third-order valence-electron chi connectivity index (χ3n) is 4.60. The maximum absolute atomic E-state index is 12.6.